The Balaban J connectivity index is 2.28. The van der Waals surface area contributed by atoms with Crippen LogP contribution >= 0.6 is 0 Å². The minimum atomic E-state index is 0.222. The lowest BCUT2D eigenvalue weighted by Gasteiger charge is -2.01. The molecule has 0 amide bonds. The van der Waals surface area contributed by atoms with Crippen LogP contribution in [0.25, 0.3) is 0 Å². The van der Waals surface area contributed by atoms with Gasteiger partial charge in [-0.25, -0.2) is 0 Å². The molecule has 0 N–H and O–H groups in total. The SMILES string of the molecule is N#CCCC1CCCC1=O. The molecule has 0 radical (unpaired) electrons. The summed E-state index contributed by atoms with van der Waals surface area (Å²) in [4.78, 5) is 11.0. The number of hydrogen-bond donors (Lipinski definition) is 0. The second-order valence-electron chi connectivity index (χ2n) is 2.75. The van der Waals surface area contributed by atoms with Gasteiger partial charge in [0.2, 0.25) is 0 Å². The highest BCUT2D eigenvalue weighted by Crippen LogP contribution is 2.24. The summed E-state index contributed by atoms with van der Waals surface area (Å²) in [5.41, 5.74) is 0. The van der Waals surface area contributed by atoms with Crippen LogP contribution in [0.4, 0.5) is 0 Å². The fourth-order valence-corrected chi connectivity index (χ4v) is 1.43. The Bertz CT molecular complexity index is 169. The zero-order valence-corrected chi connectivity index (χ0v) is 5.97. The highest BCUT2D eigenvalue weighted by molar-refractivity contribution is 5.82. The molecule has 10 heavy (non-hydrogen) atoms. The lowest BCUT2D eigenvalue weighted by molar-refractivity contribution is -0.120. The topological polar surface area (TPSA) is 40.9 Å². The van der Waals surface area contributed by atoms with Crippen LogP contribution in [0.2, 0.25) is 0 Å². The molecule has 1 fully saturated rings. The Morgan fingerprint density at radius 1 is 1.70 bits per heavy atom. The van der Waals surface area contributed by atoms with Crippen molar-refractivity contribution in [3.8, 4) is 6.07 Å². The third kappa shape index (κ3) is 1.57. The van der Waals surface area contributed by atoms with E-state index in [1.807, 2.05) is 0 Å². The number of Topliss-reactive ketones (excluding diaryl/α,β-unsaturated/α-hetero) is 1. The van der Waals surface area contributed by atoms with E-state index in [0.717, 1.165) is 25.7 Å². The second-order valence-corrected chi connectivity index (χ2v) is 2.75. The molecule has 1 saturated carbocycles. The van der Waals surface area contributed by atoms with Gasteiger partial charge in [-0.1, -0.05) is 0 Å². The molecule has 0 bridgehead atoms. The number of carbonyl (C=O) groups excluding carboxylic acids is 1. The summed E-state index contributed by atoms with van der Waals surface area (Å²) in [6.07, 6.45) is 4.12. The van der Waals surface area contributed by atoms with Crippen molar-refractivity contribution in [3.05, 3.63) is 0 Å². The van der Waals surface area contributed by atoms with Crippen LogP contribution in [-0.4, -0.2) is 5.78 Å². The van der Waals surface area contributed by atoms with Gasteiger partial charge in [-0.15, -0.1) is 0 Å². The Morgan fingerprint density at radius 2 is 2.50 bits per heavy atom. The summed E-state index contributed by atoms with van der Waals surface area (Å²) >= 11 is 0. The van der Waals surface area contributed by atoms with E-state index < -0.39 is 0 Å². The molecule has 0 aromatic heterocycles. The summed E-state index contributed by atoms with van der Waals surface area (Å²) in [6, 6.07) is 2.06. The fourth-order valence-electron chi connectivity index (χ4n) is 1.43. The second kappa shape index (κ2) is 3.36. The molecule has 0 aliphatic heterocycles. The Kier molecular flexibility index (Phi) is 2.44. The molecule has 1 unspecified atom stereocenters. The van der Waals surface area contributed by atoms with Gasteiger partial charge in [0, 0.05) is 18.8 Å². The van der Waals surface area contributed by atoms with Crippen molar-refractivity contribution in [2.24, 2.45) is 5.92 Å². The van der Waals surface area contributed by atoms with Crippen LogP contribution in [0.15, 0.2) is 0 Å². The van der Waals surface area contributed by atoms with Crippen molar-refractivity contribution in [1.29, 1.82) is 5.26 Å². The maximum atomic E-state index is 11.0. The number of hydrogen-bond acceptors (Lipinski definition) is 2. The predicted molar refractivity (Wildman–Crippen MR) is 37.2 cm³/mol. The highest BCUT2D eigenvalue weighted by Gasteiger charge is 2.23. The number of ketones is 1. The van der Waals surface area contributed by atoms with Crippen molar-refractivity contribution < 1.29 is 4.79 Å². The van der Waals surface area contributed by atoms with Crippen LogP contribution < -0.4 is 0 Å². The lowest BCUT2D eigenvalue weighted by Crippen LogP contribution is -2.04. The third-order valence-electron chi connectivity index (χ3n) is 2.04. The van der Waals surface area contributed by atoms with Crippen LogP contribution in [0.1, 0.15) is 32.1 Å². The van der Waals surface area contributed by atoms with E-state index in [9.17, 15) is 4.79 Å². The molecule has 0 saturated heterocycles. The lowest BCUT2D eigenvalue weighted by atomic mass is 10.0. The Hall–Kier alpha value is -0.840. The number of nitriles is 1. The van der Waals surface area contributed by atoms with Gasteiger partial charge in [-0.2, -0.15) is 5.26 Å². The van der Waals surface area contributed by atoms with Gasteiger partial charge in [0.25, 0.3) is 0 Å². The molecular weight excluding hydrogens is 126 g/mol. The quantitative estimate of drug-likeness (QED) is 0.580. The molecule has 1 aliphatic rings. The van der Waals surface area contributed by atoms with Gasteiger partial charge in [-0.3, -0.25) is 4.79 Å². The first kappa shape index (κ1) is 7.27. The first-order valence-electron chi connectivity index (χ1n) is 3.74. The van der Waals surface area contributed by atoms with Crippen molar-refractivity contribution >= 4 is 5.78 Å². The third-order valence-corrected chi connectivity index (χ3v) is 2.04. The molecule has 0 aromatic carbocycles. The first-order chi connectivity index (χ1) is 4.84. The summed E-state index contributed by atoms with van der Waals surface area (Å²) < 4.78 is 0. The number of rotatable bonds is 2. The summed E-state index contributed by atoms with van der Waals surface area (Å²) in [5, 5.41) is 8.25. The standard InChI is InChI=1S/C8H11NO/c9-6-2-4-7-3-1-5-8(7)10/h7H,1-5H2. The van der Waals surface area contributed by atoms with Crippen molar-refractivity contribution in [3.63, 3.8) is 0 Å². The van der Waals surface area contributed by atoms with E-state index in [2.05, 4.69) is 6.07 Å². The van der Waals surface area contributed by atoms with E-state index >= 15 is 0 Å². The smallest absolute Gasteiger partial charge is 0.136 e. The maximum Gasteiger partial charge on any atom is 0.136 e. The fraction of sp³-hybridized carbons (Fsp3) is 0.750. The van der Waals surface area contributed by atoms with E-state index in [-0.39, 0.29) is 5.92 Å². The predicted octanol–water partition coefficient (Wildman–Crippen LogP) is 1.66. The normalized spacial score (nSPS) is 24.7. The molecule has 0 spiro atoms. The molecule has 0 heterocycles. The summed E-state index contributed by atoms with van der Waals surface area (Å²) in [6.45, 7) is 0. The highest BCUT2D eigenvalue weighted by atomic mass is 16.1. The molecule has 0 aromatic rings. The van der Waals surface area contributed by atoms with Crippen LogP contribution in [-0.2, 0) is 4.79 Å². The largest absolute Gasteiger partial charge is 0.299 e. The average molecular weight is 137 g/mol. The maximum absolute atomic E-state index is 11.0. The monoisotopic (exact) mass is 137 g/mol. The van der Waals surface area contributed by atoms with E-state index in [4.69, 9.17) is 5.26 Å². The average Bonchev–Trinajstić information content (AvgIpc) is 2.31. The summed E-state index contributed by atoms with van der Waals surface area (Å²) in [7, 11) is 0. The zero-order valence-electron chi connectivity index (χ0n) is 5.97. The number of nitrogens with zero attached hydrogens (tertiary/aromatic N) is 1. The Morgan fingerprint density at radius 3 is 3.00 bits per heavy atom. The molecule has 1 rings (SSSR count). The molecule has 1 aliphatic carbocycles. The van der Waals surface area contributed by atoms with Gasteiger partial charge in [0.15, 0.2) is 0 Å². The van der Waals surface area contributed by atoms with Gasteiger partial charge >= 0.3 is 0 Å². The molecule has 2 nitrogen and oxygen atoms in total. The van der Waals surface area contributed by atoms with Gasteiger partial charge in [0.1, 0.15) is 5.78 Å². The van der Waals surface area contributed by atoms with Crippen LogP contribution in [0.5, 0.6) is 0 Å². The van der Waals surface area contributed by atoms with Crippen molar-refractivity contribution in [2.75, 3.05) is 0 Å². The van der Waals surface area contributed by atoms with E-state index in [0.29, 0.717) is 12.2 Å². The molecule has 2 heteroatoms. The van der Waals surface area contributed by atoms with E-state index in [1.54, 1.807) is 0 Å². The van der Waals surface area contributed by atoms with Crippen LogP contribution in [0, 0.1) is 17.2 Å². The van der Waals surface area contributed by atoms with Gasteiger partial charge < -0.3 is 0 Å². The van der Waals surface area contributed by atoms with Crippen LogP contribution in [0.3, 0.4) is 0 Å². The van der Waals surface area contributed by atoms with Gasteiger partial charge in [0.05, 0.1) is 6.07 Å². The Labute approximate surface area is 60.8 Å². The molecular formula is C8H11NO. The summed E-state index contributed by atoms with van der Waals surface area (Å²) in [5.74, 6) is 0.592. The van der Waals surface area contributed by atoms with Gasteiger partial charge in [-0.05, 0) is 19.3 Å². The minimum Gasteiger partial charge on any atom is -0.299 e. The van der Waals surface area contributed by atoms with Crippen molar-refractivity contribution in [1.82, 2.24) is 0 Å². The number of carbonyl (C=O) groups is 1. The van der Waals surface area contributed by atoms with Crippen molar-refractivity contribution in [2.45, 2.75) is 32.1 Å². The minimum absolute atomic E-state index is 0.222. The van der Waals surface area contributed by atoms with E-state index in [1.165, 1.54) is 0 Å². The molecule has 54 valence electrons. The zero-order chi connectivity index (χ0) is 7.40. The first-order valence-corrected chi connectivity index (χ1v) is 3.74. The molecule has 1 atom stereocenters.